The highest BCUT2D eigenvalue weighted by Crippen LogP contribution is 2.40. The standard InChI is InChI=1S/C19H29ClF3NOSi/c1-18(2,3)26(4,5)25-17-9-7-6-8-16(17)24-13-10-11-14(15(20)12-13)19(21,22)23/h10-12,16-17,24H,6-9H2,1-5H3/t16-,17-/m1/s1. The van der Waals surface area contributed by atoms with Crippen molar-refractivity contribution in [1.82, 2.24) is 0 Å². The van der Waals surface area contributed by atoms with Crippen molar-refractivity contribution < 1.29 is 17.6 Å². The Bertz CT molecular complexity index is 628. The molecule has 2 atom stereocenters. The van der Waals surface area contributed by atoms with Gasteiger partial charge in [-0.05, 0) is 49.2 Å². The lowest BCUT2D eigenvalue weighted by Gasteiger charge is -2.43. The molecule has 1 saturated carbocycles. The molecule has 1 aromatic rings. The van der Waals surface area contributed by atoms with Crippen LogP contribution in [0.2, 0.25) is 23.2 Å². The summed E-state index contributed by atoms with van der Waals surface area (Å²) in [4.78, 5) is 0. The fraction of sp³-hybridized carbons (Fsp3) is 0.684. The van der Waals surface area contributed by atoms with Crippen LogP contribution in [-0.2, 0) is 10.6 Å². The van der Waals surface area contributed by atoms with E-state index in [1.54, 1.807) is 0 Å². The van der Waals surface area contributed by atoms with Gasteiger partial charge in [0.1, 0.15) is 0 Å². The predicted octanol–water partition coefficient (Wildman–Crippen LogP) is 7.10. The van der Waals surface area contributed by atoms with Crippen molar-refractivity contribution in [2.75, 3.05) is 5.32 Å². The van der Waals surface area contributed by atoms with E-state index in [2.05, 4.69) is 39.2 Å². The quantitative estimate of drug-likeness (QED) is 0.537. The van der Waals surface area contributed by atoms with Gasteiger partial charge in [-0.1, -0.05) is 45.2 Å². The minimum atomic E-state index is -4.44. The zero-order chi connectivity index (χ0) is 19.8. The molecule has 1 aromatic carbocycles. The third kappa shape index (κ3) is 5.17. The van der Waals surface area contributed by atoms with Crippen molar-refractivity contribution in [3.05, 3.63) is 28.8 Å². The maximum atomic E-state index is 12.9. The second-order valence-corrected chi connectivity index (χ2v) is 13.8. The first-order valence-corrected chi connectivity index (χ1v) is 12.4. The van der Waals surface area contributed by atoms with Gasteiger partial charge in [0.15, 0.2) is 8.32 Å². The molecule has 2 nitrogen and oxygen atoms in total. The molecule has 0 saturated heterocycles. The van der Waals surface area contributed by atoms with Crippen molar-refractivity contribution >= 4 is 25.6 Å². The molecule has 0 heterocycles. The number of benzene rings is 1. The number of hydrogen-bond acceptors (Lipinski definition) is 2. The Hall–Kier alpha value is -0.723. The Labute approximate surface area is 160 Å². The van der Waals surface area contributed by atoms with E-state index in [1.807, 2.05) is 0 Å². The smallest absolute Gasteiger partial charge is 0.412 e. The number of rotatable bonds is 4. The summed E-state index contributed by atoms with van der Waals surface area (Å²) in [6, 6.07) is 3.94. The lowest BCUT2D eigenvalue weighted by molar-refractivity contribution is -0.137. The van der Waals surface area contributed by atoms with Crippen LogP contribution in [0.1, 0.15) is 52.0 Å². The van der Waals surface area contributed by atoms with Crippen molar-refractivity contribution in [1.29, 1.82) is 0 Å². The van der Waals surface area contributed by atoms with Gasteiger partial charge in [0.25, 0.3) is 0 Å². The Morgan fingerprint density at radius 2 is 1.73 bits per heavy atom. The molecule has 0 bridgehead atoms. The molecule has 148 valence electrons. The van der Waals surface area contributed by atoms with Gasteiger partial charge in [0.2, 0.25) is 0 Å². The van der Waals surface area contributed by atoms with Crippen LogP contribution in [0.15, 0.2) is 18.2 Å². The number of alkyl halides is 3. The molecule has 0 aliphatic heterocycles. The van der Waals surface area contributed by atoms with E-state index in [4.69, 9.17) is 16.0 Å². The first-order valence-electron chi connectivity index (χ1n) is 9.12. The summed E-state index contributed by atoms with van der Waals surface area (Å²) in [6.45, 7) is 11.1. The van der Waals surface area contributed by atoms with Crippen LogP contribution in [0, 0.1) is 0 Å². The fourth-order valence-corrected chi connectivity index (χ4v) is 4.69. The number of halogens is 4. The lowest BCUT2D eigenvalue weighted by atomic mass is 9.92. The second kappa shape index (κ2) is 7.72. The van der Waals surface area contributed by atoms with E-state index in [1.165, 1.54) is 12.1 Å². The second-order valence-electron chi connectivity index (χ2n) is 8.64. The first-order chi connectivity index (χ1) is 11.8. The summed E-state index contributed by atoms with van der Waals surface area (Å²) in [5, 5.41) is 3.21. The predicted molar refractivity (Wildman–Crippen MR) is 104 cm³/mol. The molecule has 1 aliphatic carbocycles. The van der Waals surface area contributed by atoms with E-state index >= 15 is 0 Å². The fourth-order valence-electron chi connectivity index (χ4n) is 3.01. The van der Waals surface area contributed by atoms with Crippen molar-refractivity contribution in [2.45, 2.75) is 82.9 Å². The number of anilines is 1. The van der Waals surface area contributed by atoms with Gasteiger partial charge in [-0.2, -0.15) is 13.2 Å². The summed E-state index contributed by atoms with van der Waals surface area (Å²) in [6.07, 6.45) is -0.245. The molecule has 1 fully saturated rings. The molecule has 0 unspecified atom stereocenters. The molecule has 26 heavy (non-hydrogen) atoms. The molecular weight excluding hydrogens is 379 g/mol. The Morgan fingerprint density at radius 3 is 2.27 bits per heavy atom. The molecule has 1 N–H and O–H groups in total. The minimum absolute atomic E-state index is 0.0747. The molecule has 0 amide bonds. The van der Waals surface area contributed by atoms with Gasteiger partial charge in [-0.15, -0.1) is 0 Å². The summed E-state index contributed by atoms with van der Waals surface area (Å²) in [7, 11) is -1.91. The van der Waals surface area contributed by atoms with Gasteiger partial charge < -0.3 is 9.74 Å². The highest BCUT2D eigenvalue weighted by Gasteiger charge is 2.41. The topological polar surface area (TPSA) is 21.3 Å². The van der Waals surface area contributed by atoms with Gasteiger partial charge >= 0.3 is 6.18 Å². The van der Waals surface area contributed by atoms with Crippen LogP contribution in [0.3, 0.4) is 0 Å². The maximum absolute atomic E-state index is 12.9. The monoisotopic (exact) mass is 407 g/mol. The van der Waals surface area contributed by atoms with E-state index in [0.29, 0.717) is 5.69 Å². The van der Waals surface area contributed by atoms with Gasteiger partial charge in [-0.3, -0.25) is 0 Å². The molecule has 0 radical (unpaired) electrons. The summed E-state index contributed by atoms with van der Waals surface area (Å²) < 4.78 is 45.2. The van der Waals surface area contributed by atoms with Gasteiger partial charge in [-0.25, -0.2) is 0 Å². The third-order valence-corrected chi connectivity index (χ3v) is 10.4. The van der Waals surface area contributed by atoms with Crippen LogP contribution >= 0.6 is 11.6 Å². The summed E-state index contributed by atoms with van der Waals surface area (Å²) >= 11 is 5.85. The van der Waals surface area contributed by atoms with Crippen LogP contribution in [-0.4, -0.2) is 20.5 Å². The zero-order valence-corrected chi connectivity index (χ0v) is 17.9. The van der Waals surface area contributed by atoms with Crippen LogP contribution in [0.4, 0.5) is 18.9 Å². The highest BCUT2D eigenvalue weighted by molar-refractivity contribution is 6.74. The van der Waals surface area contributed by atoms with Crippen molar-refractivity contribution in [3.63, 3.8) is 0 Å². The minimum Gasteiger partial charge on any atom is -0.412 e. The average Bonchev–Trinajstić information content (AvgIpc) is 2.46. The van der Waals surface area contributed by atoms with Gasteiger partial charge in [0, 0.05) is 5.69 Å². The molecule has 2 rings (SSSR count). The SMILES string of the molecule is CC(C)(C)[Si](C)(C)O[C@@H]1CCCC[C@H]1Nc1ccc(C(F)(F)F)c(Cl)c1. The summed E-state index contributed by atoms with van der Waals surface area (Å²) in [5.74, 6) is 0. The third-order valence-electron chi connectivity index (χ3n) is 5.58. The lowest BCUT2D eigenvalue weighted by Crippen LogP contribution is -2.49. The van der Waals surface area contributed by atoms with E-state index in [9.17, 15) is 13.2 Å². The van der Waals surface area contributed by atoms with Gasteiger partial charge in [0.05, 0.1) is 22.7 Å². The first kappa shape index (κ1) is 21.6. The molecule has 0 spiro atoms. The normalized spacial score (nSPS) is 22.3. The van der Waals surface area contributed by atoms with Crippen LogP contribution in [0.5, 0.6) is 0 Å². The molecule has 1 aliphatic rings. The van der Waals surface area contributed by atoms with Crippen molar-refractivity contribution in [2.24, 2.45) is 0 Å². The molecule has 0 aromatic heterocycles. The Morgan fingerprint density at radius 1 is 1.12 bits per heavy atom. The van der Waals surface area contributed by atoms with E-state index in [-0.39, 0.29) is 22.2 Å². The number of hydrogen-bond donors (Lipinski definition) is 1. The Kier molecular flexibility index (Phi) is 6.41. The van der Waals surface area contributed by atoms with Crippen LogP contribution < -0.4 is 5.32 Å². The molecular formula is C19H29ClF3NOSi. The largest absolute Gasteiger partial charge is 0.417 e. The molecule has 7 heteroatoms. The average molecular weight is 408 g/mol. The number of nitrogens with one attached hydrogen (secondary N) is 1. The summed E-state index contributed by atoms with van der Waals surface area (Å²) in [5.41, 5.74) is -0.193. The zero-order valence-electron chi connectivity index (χ0n) is 16.1. The van der Waals surface area contributed by atoms with E-state index < -0.39 is 20.1 Å². The van der Waals surface area contributed by atoms with Crippen molar-refractivity contribution in [3.8, 4) is 0 Å². The Balaban J connectivity index is 2.15. The maximum Gasteiger partial charge on any atom is 0.417 e. The highest BCUT2D eigenvalue weighted by atomic mass is 35.5. The van der Waals surface area contributed by atoms with E-state index in [0.717, 1.165) is 31.7 Å². The van der Waals surface area contributed by atoms with Crippen LogP contribution in [0.25, 0.3) is 0 Å².